The summed E-state index contributed by atoms with van der Waals surface area (Å²) in [4.78, 5) is 11.0. The molecular formula is C14H10BrN3O3. The number of aryl methyl sites for hydroxylation is 1. The van der Waals surface area contributed by atoms with Gasteiger partial charge in [-0.05, 0) is 53.5 Å². The van der Waals surface area contributed by atoms with Crippen molar-refractivity contribution in [2.45, 2.75) is 13.8 Å². The van der Waals surface area contributed by atoms with E-state index in [2.05, 4.69) is 26.1 Å². The number of hydrogen-bond acceptors (Lipinski definition) is 5. The van der Waals surface area contributed by atoms with E-state index in [9.17, 15) is 10.1 Å². The Morgan fingerprint density at radius 1 is 1.38 bits per heavy atom. The number of carboxylic acid groups (broad SMARTS) is 1. The van der Waals surface area contributed by atoms with Gasteiger partial charge in [0.15, 0.2) is 0 Å². The van der Waals surface area contributed by atoms with Gasteiger partial charge < -0.3 is 9.84 Å². The summed E-state index contributed by atoms with van der Waals surface area (Å²) in [6.45, 7) is 3.49. The Hall–Kier alpha value is -2.46. The zero-order valence-electron chi connectivity index (χ0n) is 11.2. The van der Waals surface area contributed by atoms with Crippen LogP contribution in [0.5, 0.6) is 11.6 Å². The van der Waals surface area contributed by atoms with Crippen LogP contribution in [0.1, 0.15) is 27.2 Å². The van der Waals surface area contributed by atoms with Gasteiger partial charge in [-0.2, -0.15) is 10.4 Å². The van der Waals surface area contributed by atoms with Crippen molar-refractivity contribution in [3.8, 4) is 17.7 Å². The number of benzene rings is 1. The molecule has 6 nitrogen and oxygen atoms in total. The van der Waals surface area contributed by atoms with Crippen molar-refractivity contribution in [2.75, 3.05) is 0 Å². The van der Waals surface area contributed by atoms with Crippen molar-refractivity contribution in [1.29, 1.82) is 5.26 Å². The summed E-state index contributed by atoms with van der Waals surface area (Å²) in [5, 5.41) is 26.0. The number of halogens is 1. The third-order valence-electron chi connectivity index (χ3n) is 2.92. The lowest BCUT2D eigenvalue weighted by atomic mass is 10.1. The molecule has 1 aromatic carbocycles. The molecule has 1 N–H and O–H groups in total. The van der Waals surface area contributed by atoms with Gasteiger partial charge in [0.1, 0.15) is 17.4 Å². The quantitative estimate of drug-likeness (QED) is 0.915. The number of carbonyl (C=O) groups is 1. The smallest absolute Gasteiger partial charge is 0.335 e. The van der Waals surface area contributed by atoms with E-state index in [0.717, 1.165) is 0 Å². The van der Waals surface area contributed by atoms with Crippen LogP contribution in [0.2, 0.25) is 0 Å². The summed E-state index contributed by atoms with van der Waals surface area (Å²) in [5.74, 6) is -0.771. The highest BCUT2D eigenvalue weighted by molar-refractivity contribution is 9.10. The van der Waals surface area contributed by atoms with Crippen LogP contribution in [0, 0.1) is 25.2 Å². The predicted molar refractivity (Wildman–Crippen MR) is 77.4 cm³/mol. The molecule has 0 bridgehead atoms. The van der Waals surface area contributed by atoms with E-state index < -0.39 is 5.97 Å². The summed E-state index contributed by atoms with van der Waals surface area (Å²) in [5.41, 5.74) is 1.66. The number of hydrogen-bond donors (Lipinski definition) is 1. The normalized spacial score (nSPS) is 10.0. The first-order chi connectivity index (χ1) is 9.93. The molecule has 0 amide bonds. The Balaban J connectivity index is 2.48. The number of nitriles is 1. The average Bonchev–Trinajstić information content (AvgIpc) is 2.45. The first-order valence-electron chi connectivity index (χ1n) is 5.88. The molecule has 106 valence electrons. The van der Waals surface area contributed by atoms with Gasteiger partial charge in [-0.25, -0.2) is 4.79 Å². The van der Waals surface area contributed by atoms with Crippen LogP contribution in [-0.4, -0.2) is 21.3 Å². The molecule has 0 saturated carbocycles. The maximum atomic E-state index is 11.0. The lowest BCUT2D eigenvalue weighted by molar-refractivity contribution is 0.0696. The largest absolute Gasteiger partial charge is 0.478 e. The third kappa shape index (κ3) is 3.01. The monoisotopic (exact) mass is 347 g/mol. The van der Waals surface area contributed by atoms with Crippen molar-refractivity contribution in [2.24, 2.45) is 0 Å². The molecule has 0 radical (unpaired) electrons. The van der Waals surface area contributed by atoms with E-state index in [1.807, 2.05) is 6.07 Å². The second kappa shape index (κ2) is 5.89. The van der Waals surface area contributed by atoms with Gasteiger partial charge in [0, 0.05) is 0 Å². The maximum Gasteiger partial charge on any atom is 0.335 e. The summed E-state index contributed by atoms with van der Waals surface area (Å²) in [6.07, 6.45) is 0. The molecule has 0 atom stereocenters. The minimum atomic E-state index is -1.07. The number of nitrogens with zero attached hydrogens (tertiary/aromatic N) is 3. The van der Waals surface area contributed by atoms with Gasteiger partial charge in [-0.1, -0.05) is 0 Å². The first kappa shape index (κ1) is 14.9. The fraction of sp³-hybridized carbons (Fsp3) is 0.143. The summed E-state index contributed by atoms with van der Waals surface area (Å²) in [7, 11) is 0. The highest BCUT2D eigenvalue weighted by Gasteiger charge is 2.15. The highest BCUT2D eigenvalue weighted by Crippen LogP contribution is 2.32. The SMILES string of the molecule is Cc1nnc(Oc2cc(C(=O)O)ccc2Br)c(C#N)c1C. The number of aromatic nitrogens is 2. The van der Waals surface area contributed by atoms with E-state index in [1.54, 1.807) is 19.9 Å². The predicted octanol–water partition coefficient (Wildman–Crippen LogP) is 3.22. The Morgan fingerprint density at radius 2 is 2.10 bits per heavy atom. The molecule has 0 aliphatic carbocycles. The van der Waals surface area contributed by atoms with Gasteiger partial charge in [0.05, 0.1) is 15.7 Å². The molecule has 21 heavy (non-hydrogen) atoms. The Bertz CT molecular complexity index is 769. The van der Waals surface area contributed by atoms with Gasteiger partial charge in [0.2, 0.25) is 0 Å². The van der Waals surface area contributed by atoms with Crippen LogP contribution >= 0.6 is 15.9 Å². The van der Waals surface area contributed by atoms with E-state index in [0.29, 0.717) is 15.7 Å². The van der Waals surface area contributed by atoms with Crippen molar-refractivity contribution in [1.82, 2.24) is 10.2 Å². The van der Waals surface area contributed by atoms with E-state index >= 15 is 0 Å². The molecular weight excluding hydrogens is 338 g/mol. The van der Waals surface area contributed by atoms with E-state index in [-0.39, 0.29) is 22.8 Å². The molecule has 0 spiro atoms. The molecule has 0 aliphatic heterocycles. The lowest BCUT2D eigenvalue weighted by Gasteiger charge is -2.10. The van der Waals surface area contributed by atoms with Crippen LogP contribution < -0.4 is 4.74 Å². The molecule has 0 aliphatic rings. The Morgan fingerprint density at radius 3 is 2.71 bits per heavy atom. The zero-order chi connectivity index (χ0) is 15.6. The summed E-state index contributed by atoms with van der Waals surface area (Å²) < 4.78 is 6.10. The summed E-state index contributed by atoms with van der Waals surface area (Å²) >= 11 is 3.27. The Labute approximate surface area is 129 Å². The number of ether oxygens (including phenoxy) is 1. The van der Waals surface area contributed by atoms with Crippen molar-refractivity contribution in [3.63, 3.8) is 0 Å². The molecule has 0 unspecified atom stereocenters. The van der Waals surface area contributed by atoms with E-state index in [1.165, 1.54) is 12.1 Å². The third-order valence-corrected chi connectivity index (χ3v) is 3.57. The van der Waals surface area contributed by atoms with Crippen LogP contribution in [0.4, 0.5) is 0 Å². The second-order valence-corrected chi connectivity index (χ2v) is 5.11. The first-order valence-corrected chi connectivity index (χ1v) is 6.68. The minimum Gasteiger partial charge on any atom is -0.478 e. The standard InChI is InChI=1S/C14H10BrN3O3/c1-7-8(2)17-18-13(10(7)6-16)21-12-5-9(14(19)20)3-4-11(12)15/h3-5H,1-2H3,(H,19,20). The fourth-order valence-corrected chi connectivity index (χ4v) is 1.94. The molecule has 7 heteroatoms. The fourth-order valence-electron chi connectivity index (χ4n) is 1.61. The number of rotatable bonds is 3. The number of aromatic carboxylic acids is 1. The molecule has 1 aromatic heterocycles. The topological polar surface area (TPSA) is 96.1 Å². The van der Waals surface area contributed by atoms with Crippen molar-refractivity contribution < 1.29 is 14.6 Å². The second-order valence-electron chi connectivity index (χ2n) is 4.25. The molecule has 1 heterocycles. The number of carboxylic acids is 1. The van der Waals surface area contributed by atoms with Crippen LogP contribution in [0.3, 0.4) is 0 Å². The van der Waals surface area contributed by atoms with Gasteiger partial charge in [-0.3, -0.25) is 0 Å². The zero-order valence-corrected chi connectivity index (χ0v) is 12.8. The summed E-state index contributed by atoms with van der Waals surface area (Å²) in [6, 6.07) is 6.37. The minimum absolute atomic E-state index is 0.0452. The van der Waals surface area contributed by atoms with Crippen molar-refractivity contribution >= 4 is 21.9 Å². The Kier molecular flexibility index (Phi) is 4.19. The van der Waals surface area contributed by atoms with Gasteiger partial charge >= 0.3 is 5.97 Å². The van der Waals surface area contributed by atoms with Gasteiger partial charge in [0.25, 0.3) is 5.88 Å². The van der Waals surface area contributed by atoms with Crippen LogP contribution in [-0.2, 0) is 0 Å². The maximum absolute atomic E-state index is 11.0. The molecule has 0 saturated heterocycles. The van der Waals surface area contributed by atoms with Gasteiger partial charge in [-0.15, -0.1) is 5.10 Å². The molecule has 2 aromatic rings. The lowest BCUT2D eigenvalue weighted by Crippen LogP contribution is -2.02. The molecule has 2 rings (SSSR count). The highest BCUT2D eigenvalue weighted by atomic mass is 79.9. The molecule has 0 fully saturated rings. The van der Waals surface area contributed by atoms with Crippen LogP contribution in [0.25, 0.3) is 0 Å². The van der Waals surface area contributed by atoms with Crippen LogP contribution in [0.15, 0.2) is 22.7 Å². The average molecular weight is 348 g/mol. The van der Waals surface area contributed by atoms with Crippen molar-refractivity contribution in [3.05, 3.63) is 45.1 Å². The van der Waals surface area contributed by atoms with E-state index in [4.69, 9.17) is 9.84 Å².